The number of rotatable bonds is 5. The van der Waals surface area contributed by atoms with E-state index in [9.17, 15) is 14.3 Å². The number of carbonyl (C=O) groups is 1. The highest BCUT2D eigenvalue weighted by Gasteiger charge is 2.18. The van der Waals surface area contributed by atoms with E-state index in [4.69, 9.17) is 11.6 Å². The summed E-state index contributed by atoms with van der Waals surface area (Å²) in [7, 11) is 0. The summed E-state index contributed by atoms with van der Waals surface area (Å²) in [5, 5.41) is 9.72. The lowest BCUT2D eigenvalue weighted by Gasteiger charge is -2.21. The first-order chi connectivity index (χ1) is 12.5. The molecule has 3 N–H and O–H groups in total. The van der Waals surface area contributed by atoms with Crippen LogP contribution in [0.5, 0.6) is 5.75 Å². The van der Waals surface area contributed by atoms with Crippen LogP contribution in [0.3, 0.4) is 0 Å². The molecule has 1 fully saturated rings. The molecule has 0 unspecified atom stereocenters. The minimum absolute atomic E-state index is 0.124. The van der Waals surface area contributed by atoms with Gasteiger partial charge in [0.05, 0.1) is 10.6 Å². The molecule has 0 atom stereocenters. The van der Waals surface area contributed by atoms with Crippen molar-refractivity contribution < 1.29 is 14.3 Å². The van der Waals surface area contributed by atoms with Crippen molar-refractivity contribution in [1.82, 2.24) is 10.3 Å². The number of hydrogen-bond acceptors (Lipinski definition) is 4. The van der Waals surface area contributed by atoms with Gasteiger partial charge in [-0.1, -0.05) is 54.9 Å². The first kappa shape index (κ1) is 19.0. The predicted octanol–water partition coefficient (Wildman–Crippen LogP) is 5.07. The molecule has 3 rings (SSSR count). The molecule has 0 spiro atoms. The Kier molecular flexibility index (Phi) is 6.40. The van der Waals surface area contributed by atoms with Gasteiger partial charge in [0.1, 0.15) is 5.75 Å². The lowest BCUT2D eigenvalue weighted by atomic mass is 10.0. The molecule has 2 aromatic carbocycles. The van der Waals surface area contributed by atoms with Crippen molar-refractivity contribution in [1.29, 1.82) is 0 Å². The number of carbonyl (C=O) groups excluding carboxylic acids is 1. The third-order valence-electron chi connectivity index (χ3n) is 4.42. The zero-order valence-electron chi connectivity index (χ0n) is 14.1. The first-order valence-electron chi connectivity index (χ1n) is 8.54. The number of aromatic hydroxyl groups is 1. The van der Waals surface area contributed by atoms with Crippen molar-refractivity contribution in [3.05, 3.63) is 52.8 Å². The lowest BCUT2D eigenvalue weighted by Crippen LogP contribution is -2.35. The molecular weight excluding hydrogens is 375 g/mol. The van der Waals surface area contributed by atoms with Gasteiger partial charge in [-0.05, 0) is 48.2 Å². The zero-order valence-corrected chi connectivity index (χ0v) is 15.7. The normalized spacial score (nSPS) is 15.0. The van der Waals surface area contributed by atoms with Gasteiger partial charge in [-0.3, -0.25) is 10.2 Å². The molecular formula is C19H20ClFN2O2S. The zero-order chi connectivity index (χ0) is 18.5. The maximum Gasteiger partial charge on any atom is 0.269 e. The Labute approximate surface area is 161 Å². The summed E-state index contributed by atoms with van der Waals surface area (Å²) < 4.78 is 14.3. The molecule has 1 aliphatic rings. The van der Waals surface area contributed by atoms with Crippen LogP contribution < -0.4 is 10.3 Å². The molecule has 7 heteroatoms. The third kappa shape index (κ3) is 4.69. The van der Waals surface area contributed by atoms with E-state index in [2.05, 4.69) is 10.3 Å². The first-order valence-corrected chi connectivity index (χ1v) is 9.80. The minimum atomic E-state index is -0.754. The Balaban J connectivity index is 1.71. The number of halogens is 2. The molecule has 26 heavy (non-hydrogen) atoms. The van der Waals surface area contributed by atoms with Crippen molar-refractivity contribution in [3.63, 3.8) is 0 Å². The van der Waals surface area contributed by atoms with Gasteiger partial charge in [0.2, 0.25) is 0 Å². The van der Waals surface area contributed by atoms with Crippen LogP contribution in [0.1, 0.15) is 42.5 Å². The Morgan fingerprint density at radius 1 is 1.12 bits per heavy atom. The Morgan fingerprint density at radius 3 is 2.50 bits per heavy atom. The summed E-state index contributed by atoms with van der Waals surface area (Å²) in [5.41, 5.74) is 3.73. The average molecular weight is 395 g/mol. The fraction of sp³-hybridized carbons (Fsp3) is 0.316. The Bertz CT molecular complexity index is 780. The van der Waals surface area contributed by atoms with Gasteiger partial charge in [-0.2, -0.15) is 4.83 Å². The number of phenolic OH excluding ortho intramolecular Hbond substituents is 1. The summed E-state index contributed by atoms with van der Waals surface area (Å²) in [4.78, 5) is 15.2. The molecule has 0 aromatic heterocycles. The molecule has 1 saturated carbocycles. The second-order valence-electron chi connectivity index (χ2n) is 6.30. The van der Waals surface area contributed by atoms with Crippen molar-refractivity contribution in [2.75, 3.05) is 0 Å². The van der Waals surface area contributed by atoms with Gasteiger partial charge < -0.3 is 5.11 Å². The molecule has 0 heterocycles. The number of phenols is 1. The van der Waals surface area contributed by atoms with E-state index in [1.54, 1.807) is 12.1 Å². The number of amides is 1. The highest BCUT2D eigenvalue weighted by molar-refractivity contribution is 7.98. The quantitative estimate of drug-likeness (QED) is 0.489. The summed E-state index contributed by atoms with van der Waals surface area (Å²) in [6.07, 6.45) is 5.89. The van der Waals surface area contributed by atoms with Crippen molar-refractivity contribution in [3.8, 4) is 16.9 Å². The van der Waals surface area contributed by atoms with E-state index in [0.717, 1.165) is 18.4 Å². The lowest BCUT2D eigenvalue weighted by molar-refractivity contribution is 0.0943. The fourth-order valence-corrected chi connectivity index (χ4v) is 4.09. The van der Waals surface area contributed by atoms with Crippen LogP contribution in [0.2, 0.25) is 5.02 Å². The van der Waals surface area contributed by atoms with E-state index in [0.29, 0.717) is 10.8 Å². The topological polar surface area (TPSA) is 61.4 Å². The molecule has 1 amide bonds. The summed E-state index contributed by atoms with van der Waals surface area (Å²) in [5.74, 6) is -1.20. The third-order valence-corrected chi connectivity index (χ3v) is 5.72. The van der Waals surface area contributed by atoms with Gasteiger partial charge in [0, 0.05) is 5.25 Å². The molecule has 0 bridgehead atoms. The van der Waals surface area contributed by atoms with Crippen molar-refractivity contribution in [2.24, 2.45) is 0 Å². The van der Waals surface area contributed by atoms with Crippen LogP contribution in [-0.2, 0) is 0 Å². The second-order valence-corrected chi connectivity index (χ2v) is 7.81. The Morgan fingerprint density at radius 2 is 1.81 bits per heavy atom. The molecule has 0 aliphatic heterocycles. The van der Waals surface area contributed by atoms with Gasteiger partial charge >= 0.3 is 0 Å². The largest absolute Gasteiger partial charge is 0.508 e. The standard InChI is InChI=1S/C19H20ClFN2O2S/c20-17-11-13(12-6-8-14(24)9-7-12)10-16(18(17)21)19(25)22-23-26-15-4-2-1-3-5-15/h6-11,15,23-24H,1-5H2,(H,22,25). The molecule has 138 valence electrons. The Hall–Kier alpha value is -1.76. The van der Waals surface area contributed by atoms with Crippen LogP contribution in [0.15, 0.2) is 36.4 Å². The van der Waals surface area contributed by atoms with Crippen molar-refractivity contribution in [2.45, 2.75) is 37.4 Å². The predicted molar refractivity (Wildman–Crippen MR) is 104 cm³/mol. The van der Waals surface area contributed by atoms with Gasteiger partial charge in [-0.15, -0.1) is 0 Å². The molecule has 1 aliphatic carbocycles. The molecule has 2 aromatic rings. The van der Waals surface area contributed by atoms with Gasteiger partial charge in [0.25, 0.3) is 5.91 Å². The summed E-state index contributed by atoms with van der Waals surface area (Å²) >= 11 is 7.44. The highest BCUT2D eigenvalue weighted by Crippen LogP contribution is 2.29. The number of benzene rings is 2. The maximum atomic E-state index is 14.3. The van der Waals surface area contributed by atoms with Crippen LogP contribution in [0.25, 0.3) is 11.1 Å². The minimum Gasteiger partial charge on any atom is -0.508 e. The molecule has 4 nitrogen and oxygen atoms in total. The number of hydrogen-bond donors (Lipinski definition) is 3. The van der Waals surface area contributed by atoms with Crippen LogP contribution in [-0.4, -0.2) is 16.3 Å². The average Bonchev–Trinajstić information content (AvgIpc) is 2.65. The van der Waals surface area contributed by atoms with E-state index in [-0.39, 0.29) is 16.3 Å². The van der Waals surface area contributed by atoms with Crippen LogP contribution in [0, 0.1) is 5.82 Å². The smallest absolute Gasteiger partial charge is 0.269 e. The van der Waals surface area contributed by atoms with E-state index >= 15 is 0 Å². The number of hydrazine groups is 1. The summed E-state index contributed by atoms with van der Waals surface area (Å²) in [6.45, 7) is 0. The van der Waals surface area contributed by atoms with E-state index < -0.39 is 11.7 Å². The van der Waals surface area contributed by atoms with Crippen LogP contribution >= 0.6 is 23.5 Å². The molecule has 0 radical (unpaired) electrons. The van der Waals surface area contributed by atoms with Crippen molar-refractivity contribution >= 4 is 29.5 Å². The van der Waals surface area contributed by atoms with Gasteiger partial charge in [-0.25, -0.2) is 4.39 Å². The van der Waals surface area contributed by atoms with Gasteiger partial charge in [0.15, 0.2) is 5.82 Å². The van der Waals surface area contributed by atoms with E-state index in [1.807, 2.05) is 0 Å². The summed E-state index contributed by atoms with van der Waals surface area (Å²) in [6, 6.07) is 9.32. The molecule has 0 saturated heterocycles. The monoisotopic (exact) mass is 394 g/mol. The highest BCUT2D eigenvalue weighted by atomic mass is 35.5. The van der Waals surface area contributed by atoms with E-state index in [1.165, 1.54) is 55.5 Å². The second kappa shape index (κ2) is 8.75. The maximum absolute atomic E-state index is 14.3. The number of nitrogens with one attached hydrogen (secondary N) is 2. The SMILES string of the molecule is O=C(NNSC1CCCCC1)c1cc(-c2ccc(O)cc2)cc(Cl)c1F. The van der Waals surface area contributed by atoms with Crippen LogP contribution in [0.4, 0.5) is 4.39 Å². The fourth-order valence-electron chi connectivity index (χ4n) is 2.98.